The summed E-state index contributed by atoms with van der Waals surface area (Å²) in [7, 11) is 0. The van der Waals surface area contributed by atoms with Gasteiger partial charge in [-0.05, 0) is 43.7 Å². The third kappa shape index (κ3) is 4.26. The molecule has 4 aromatic rings. The number of benzene rings is 1. The summed E-state index contributed by atoms with van der Waals surface area (Å²) < 4.78 is 25.7. The summed E-state index contributed by atoms with van der Waals surface area (Å²) in [5.74, 6) is 0.903. The van der Waals surface area contributed by atoms with Gasteiger partial charge in [-0.25, -0.2) is 4.39 Å². The van der Waals surface area contributed by atoms with E-state index in [0.29, 0.717) is 24.4 Å². The van der Waals surface area contributed by atoms with Crippen molar-refractivity contribution >= 4 is 11.6 Å². The van der Waals surface area contributed by atoms with Gasteiger partial charge < -0.3 is 14.3 Å². The number of hydrogen-bond acceptors (Lipinski definition) is 5. The van der Waals surface area contributed by atoms with Crippen LogP contribution in [-0.4, -0.2) is 20.8 Å². The summed E-state index contributed by atoms with van der Waals surface area (Å²) >= 11 is 0. The van der Waals surface area contributed by atoms with Crippen molar-refractivity contribution in [1.82, 2.24) is 14.9 Å². The fourth-order valence-corrected chi connectivity index (χ4v) is 3.05. The summed E-state index contributed by atoms with van der Waals surface area (Å²) in [6.07, 6.45) is 3.71. The standard InChI is InChI=1S/C21H19FN4O3/c1-13-19(14(2)29-25-13)9-18-6-7-20(28-18)21(27)24-17-10-23-26(12-17)11-15-4-3-5-16(22)8-15/h3-8,10,12H,9,11H2,1-2H3,(H,24,27). The van der Waals surface area contributed by atoms with E-state index in [1.54, 1.807) is 29.1 Å². The van der Waals surface area contributed by atoms with Gasteiger partial charge in [0.15, 0.2) is 5.76 Å². The monoisotopic (exact) mass is 394 g/mol. The van der Waals surface area contributed by atoms with E-state index < -0.39 is 0 Å². The fourth-order valence-electron chi connectivity index (χ4n) is 3.05. The van der Waals surface area contributed by atoms with Crippen LogP contribution in [0.4, 0.5) is 10.1 Å². The Morgan fingerprint density at radius 2 is 2.10 bits per heavy atom. The largest absolute Gasteiger partial charge is 0.456 e. The van der Waals surface area contributed by atoms with Crippen LogP contribution in [0.2, 0.25) is 0 Å². The van der Waals surface area contributed by atoms with Crippen molar-refractivity contribution in [1.29, 1.82) is 0 Å². The number of aromatic nitrogens is 3. The maximum absolute atomic E-state index is 13.3. The normalized spacial score (nSPS) is 11.0. The first kappa shape index (κ1) is 18.7. The van der Waals surface area contributed by atoms with Crippen molar-refractivity contribution in [3.63, 3.8) is 0 Å². The van der Waals surface area contributed by atoms with E-state index in [1.165, 1.54) is 18.3 Å². The highest BCUT2D eigenvalue weighted by Gasteiger charge is 2.16. The molecule has 4 rings (SSSR count). The summed E-state index contributed by atoms with van der Waals surface area (Å²) in [5.41, 5.74) is 3.05. The number of carbonyl (C=O) groups excluding carboxylic acids is 1. The molecule has 0 saturated carbocycles. The molecular weight excluding hydrogens is 375 g/mol. The molecule has 8 heteroatoms. The third-order valence-corrected chi connectivity index (χ3v) is 4.54. The van der Waals surface area contributed by atoms with Crippen LogP contribution in [-0.2, 0) is 13.0 Å². The SMILES string of the molecule is Cc1noc(C)c1Cc1ccc(C(=O)Nc2cnn(Cc3cccc(F)c3)c2)o1. The molecule has 0 unspecified atom stereocenters. The Balaban J connectivity index is 1.40. The molecule has 0 saturated heterocycles. The van der Waals surface area contributed by atoms with Gasteiger partial charge >= 0.3 is 0 Å². The zero-order chi connectivity index (χ0) is 20.4. The topological polar surface area (TPSA) is 86.1 Å². The first-order chi connectivity index (χ1) is 14.0. The van der Waals surface area contributed by atoms with E-state index >= 15 is 0 Å². The zero-order valence-electron chi connectivity index (χ0n) is 16.0. The molecule has 0 radical (unpaired) electrons. The van der Waals surface area contributed by atoms with Crippen molar-refractivity contribution in [2.24, 2.45) is 0 Å². The van der Waals surface area contributed by atoms with E-state index in [4.69, 9.17) is 8.94 Å². The minimum absolute atomic E-state index is 0.199. The number of carbonyl (C=O) groups is 1. The van der Waals surface area contributed by atoms with Gasteiger partial charge in [0.1, 0.15) is 17.3 Å². The van der Waals surface area contributed by atoms with Crippen molar-refractivity contribution in [2.75, 3.05) is 5.32 Å². The van der Waals surface area contributed by atoms with Gasteiger partial charge in [0, 0.05) is 18.2 Å². The van der Waals surface area contributed by atoms with Crippen LogP contribution in [0.25, 0.3) is 0 Å². The molecule has 1 aromatic carbocycles. The lowest BCUT2D eigenvalue weighted by atomic mass is 10.1. The smallest absolute Gasteiger partial charge is 0.291 e. The molecule has 0 aliphatic heterocycles. The van der Waals surface area contributed by atoms with Crippen molar-refractivity contribution in [3.05, 3.63) is 88.7 Å². The minimum atomic E-state index is -0.375. The summed E-state index contributed by atoms with van der Waals surface area (Å²) in [4.78, 5) is 12.5. The summed E-state index contributed by atoms with van der Waals surface area (Å²) in [5, 5.41) is 10.9. The molecule has 0 aliphatic carbocycles. The Kier molecular flexibility index (Phi) is 4.99. The molecule has 7 nitrogen and oxygen atoms in total. The van der Waals surface area contributed by atoms with Crippen molar-refractivity contribution in [3.8, 4) is 0 Å². The van der Waals surface area contributed by atoms with E-state index in [1.807, 2.05) is 19.9 Å². The summed E-state index contributed by atoms with van der Waals surface area (Å²) in [6.45, 7) is 4.10. The molecule has 0 spiro atoms. The van der Waals surface area contributed by atoms with Crippen LogP contribution in [0, 0.1) is 19.7 Å². The molecule has 148 valence electrons. The molecule has 29 heavy (non-hydrogen) atoms. The first-order valence-corrected chi connectivity index (χ1v) is 9.06. The third-order valence-electron chi connectivity index (χ3n) is 4.54. The molecule has 0 bridgehead atoms. The van der Waals surface area contributed by atoms with Crippen LogP contribution in [0.5, 0.6) is 0 Å². The number of furan rings is 1. The fraction of sp³-hybridized carbons (Fsp3) is 0.190. The number of hydrogen-bond donors (Lipinski definition) is 1. The number of nitrogens with zero attached hydrogens (tertiary/aromatic N) is 3. The first-order valence-electron chi connectivity index (χ1n) is 9.06. The Bertz CT molecular complexity index is 1140. The number of anilines is 1. The molecule has 1 N–H and O–H groups in total. The van der Waals surface area contributed by atoms with Crippen LogP contribution in [0.3, 0.4) is 0 Å². The van der Waals surface area contributed by atoms with Gasteiger partial charge in [-0.1, -0.05) is 17.3 Å². The van der Waals surface area contributed by atoms with E-state index in [-0.39, 0.29) is 17.5 Å². The number of amides is 1. The maximum atomic E-state index is 13.3. The number of nitrogens with one attached hydrogen (secondary N) is 1. The van der Waals surface area contributed by atoms with Crippen LogP contribution >= 0.6 is 0 Å². The van der Waals surface area contributed by atoms with Gasteiger partial charge in [-0.3, -0.25) is 9.48 Å². The van der Waals surface area contributed by atoms with Gasteiger partial charge in [-0.2, -0.15) is 5.10 Å². The predicted octanol–water partition coefficient (Wildman–Crippen LogP) is 4.11. The second-order valence-corrected chi connectivity index (χ2v) is 6.76. The number of rotatable bonds is 6. The average Bonchev–Trinajstić information content (AvgIpc) is 3.40. The number of aryl methyl sites for hydroxylation is 2. The van der Waals surface area contributed by atoms with Crippen molar-refractivity contribution < 1.29 is 18.1 Å². The lowest BCUT2D eigenvalue weighted by Gasteiger charge is -2.02. The molecule has 0 aliphatic rings. The van der Waals surface area contributed by atoms with E-state index in [0.717, 1.165) is 22.6 Å². The molecule has 3 heterocycles. The molecule has 0 atom stereocenters. The van der Waals surface area contributed by atoms with Gasteiger partial charge in [0.25, 0.3) is 5.91 Å². The summed E-state index contributed by atoms with van der Waals surface area (Å²) in [6, 6.07) is 9.68. The predicted molar refractivity (Wildman–Crippen MR) is 103 cm³/mol. The maximum Gasteiger partial charge on any atom is 0.291 e. The van der Waals surface area contributed by atoms with Gasteiger partial charge in [-0.15, -0.1) is 0 Å². The van der Waals surface area contributed by atoms with Crippen LogP contribution < -0.4 is 5.32 Å². The highest BCUT2D eigenvalue weighted by Crippen LogP contribution is 2.20. The van der Waals surface area contributed by atoms with Crippen LogP contribution in [0.15, 0.2) is 57.7 Å². The zero-order valence-corrected chi connectivity index (χ0v) is 16.0. The Morgan fingerprint density at radius 1 is 1.24 bits per heavy atom. The second-order valence-electron chi connectivity index (χ2n) is 6.76. The Hall–Kier alpha value is -3.68. The molecule has 3 aromatic heterocycles. The minimum Gasteiger partial charge on any atom is -0.456 e. The van der Waals surface area contributed by atoms with Gasteiger partial charge in [0.05, 0.1) is 24.1 Å². The second kappa shape index (κ2) is 7.75. The Morgan fingerprint density at radius 3 is 2.86 bits per heavy atom. The average molecular weight is 394 g/mol. The molecule has 1 amide bonds. The highest BCUT2D eigenvalue weighted by molar-refractivity contribution is 6.02. The Labute approximate surface area is 166 Å². The van der Waals surface area contributed by atoms with Crippen LogP contribution in [0.1, 0.15) is 38.9 Å². The van der Waals surface area contributed by atoms with E-state index in [2.05, 4.69) is 15.6 Å². The molecular formula is C21H19FN4O3. The molecule has 0 fully saturated rings. The lowest BCUT2D eigenvalue weighted by Crippen LogP contribution is -2.10. The lowest BCUT2D eigenvalue weighted by molar-refractivity contribution is 0.0995. The van der Waals surface area contributed by atoms with Gasteiger partial charge in [0.2, 0.25) is 0 Å². The van der Waals surface area contributed by atoms with E-state index in [9.17, 15) is 9.18 Å². The quantitative estimate of drug-likeness (QED) is 0.532. The number of halogens is 1. The van der Waals surface area contributed by atoms with Crippen molar-refractivity contribution in [2.45, 2.75) is 26.8 Å². The highest BCUT2D eigenvalue weighted by atomic mass is 19.1.